The summed E-state index contributed by atoms with van der Waals surface area (Å²) in [5, 5.41) is 0. The second-order valence-electron chi connectivity index (χ2n) is 3.60. The van der Waals surface area contributed by atoms with E-state index >= 15 is 0 Å². The van der Waals surface area contributed by atoms with E-state index in [1.54, 1.807) is 0 Å². The van der Waals surface area contributed by atoms with Crippen molar-refractivity contribution in [3.8, 4) is 0 Å². The summed E-state index contributed by atoms with van der Waals surface area (Å²) in [4.78, 5) is 0. The number of rotatable bonds is 0. The van der Waals surface area contributed by atoms with Crippen LogP contribution in [-0.4, -0.2) is 0 Å². The van der Waals surface area contributed by atoms with Gasteiger partial charge < -0.3 is 0 Å². The second kappa shape index (κ2) is 5.60. The van der Waals surface area contributed by atoms with Crippen LogP contribution in [0.5, 0.6) is 0 Å². The van der Waals surface area contributed by atoms with Crippen LogP contribution in [0.15, 0.2) is 0 Å². The van der Waals surface area contributed by atoms with Gasteiger partial charge in [-0.15, -0.1) is 0 Å². The van der Waals surface area contributed by atoms with Crippen LogP contribution >= 0.6 is 48.5 Å². The maximum atomic E-state index is 5.02. The van der Waals surface area contributed by atoms with Crippen molar-refractivity contribution in [3.63, 3.8) is 0 Å². The van der Waals surface area contributed by atoms with E-state index in [2.05, 4.69) is 34.6 Å². The fourth-order valence-electron chi connectivity index (χ4n) is 1.41. The zero-order valence-corrected chi connectivity index (χ0v) is 15.1. The van der Waals surface area contributed by atoms with E-state index in [0.29, 0.717) is 0 Å². The first-order valence-corrected chi connectivity index (χ1v) is 14.9. The summed E-state index contributed by atoms with van der Waals surface area (Å²) < 4.78 is 0. The molecule has 0 atom stereocenters. The van der Waals surface area contributed by atoms with Crippen LogP contribution in [-0.2, 0) is 8.65 Å². The predicted octanol–water partition coefficient (Wildman–Crippen LogP) is 6.39. The molecule has 1 aromatic carbocycles. The Kier molecular flexibility index (Phi) is 6.09. The molecule has 0 saturated carbocycles. The Bertz CT molecular complexity index is 287. The Morgan fingerprint density at radius 3 is 1.00 bits per heavy atom. The van der Waals surface area contributed by atoms with Crippen LogP contribution in [0.3, 0.4) is 0 Å². The number of hydrogen-bond donors (Lipinski definition) is 0. The van der Waals surface area contributed by atoms with Crippen molar-refractivity contribution in [1.29, 1.82) is 0 Å². The average molecular weight is 415 g/mol. The summed E-state index contributed by atoms with van der Waals surface area (Å²) in [5.41, 5.74) is 7.34. The summed E-state index contributed by atoms with van der Waals surface area (Å²) in [5.74, 6) is 0. The van der Waals surface area contributed by atoms with Crippen molar-refractivity contribution in [2.75, 3.05) is 0 Å². The molecule has 0 fully saturated rings. The molecule has 0 N–H and O–H groups in total. The van der Waals surface area contributed by atoms with Gasteiger partial charge >= 0.3 is 57.1 Å². The fraction of sp³-hybridized carbons (Fsp3) is 0.500. The van der Waals surface area contributed by atoms with Gasteiger partial charge in [0.15, 0.2) is 0 Å². The van der Waals surface area contributed by atoms with E-state index in [1.165, 1.54) is 27.8 Å². The first kappa shape index (κ1) is 17.4. The Labute approximate surface area is 118 Å². The van der Waals surface area contributed by atoms with Crippen LogP contribution in [0.1, 0.15) is 27.8 Å². The Morgan fingerprint density at radius 1 is 0.750 bits per heavy atom. The van der Waals surface area contributed by atoms with Crippen molar-refractivity contribution in [2.45, 2.75) is 34.6 Å². The Morgan fingerprint density at radius 2 is 0.938 bits per heavy atom. The topological polar surface area (TPSA) is 0 Å². The minimum absolute atomic E-state index is 1.47. The molecule has 1 rings (SSSR count). The molecule has 0 saturated heterocycles. The zero-order valence-electron chi connectivity index (χ0n) is 9.72. The van der Waals surface area contributed by atoms with Crippen LogP contribution in [0.25, 0.3) is 0 Å². The van der Waals surface area contributed by atoms with Crippen molar-refractivity contribution >= 4 is 48.5 Å². The van der Waals surface area contributed by atoms with Gasteiger partial charge in [0.1, 0.15) is 0 Å². The molecule has 0 bridgehead atoms. The fourth-order valence-corrected chi connectivity index (χ4v) is 1.41. The van der Waals surface area contributed by atoms with Crippen LogP contribution < -0.4 is 0 Å². The number of halogens is 5. The van der Waals surface area contributed by atoms with Crippen molar-refractivity contribution in [1.82, 2.24) is 0 Å². The third kappa shape index (κ3) is 6.99. The van der Waals surface area contributed by atoms with Crippen molar-refractivity contribution < 1.29 is 8.65 Å². The summed E-state index contributed by atoms with van der Waals surface area (Å²) in [7, 11) is 21.0. The standard InChI is InChI=1S/C10H15.5ClH.Rh/c1-6-7(2)9(4)10(5)8(6)3;;;;;;/h1-5H3;5*1H;/q-1;;;;;;+5/p-5. The molecule has 0 heterocycles. The molecule has 0 aliphatic carbocycles. The molecule has 1 aromatic rings. The average Bonchev–Trinajstić information content (AvgIpc) is 2.19. The number of hydrogen-bond acceptors (Lipinski definition) is 0. The molecular formula is C10H15Cl5Rh-. The van der Waals surface area contributed by atoms with Gasteiger partial charge in [-0.2, -0.15) is 27.8 Å². The first-order valence-electron chi connectivity index (χ1n) is 4.38. The van der Waals surface area contributed by atoms with Gasteiger partial charge in [0.25, 0.3) is 0 Å². The minimum atomic E-state index is -4.04. The molecule has 0 aromatic heterocycles. The van der Waals surface area contributed by atoms with E-state index in [0.717, 1.165) is 0 Å². The van der Waals surface area contributed by atoms with Crippen LogP contribution in [0.2, 0.25) is 0 Å². The van der Waals surface area contributed by atoms with E-state index < -0.39 is 8.65 Å². The summed E-state index contributed by atoms with van der Waals surface area (Å²) in [6.45, 7) is 11.0. The Hall–Kier alpha value is 1.42. The third-order valence-corrected chi connectivity index (χ3v) is 2.81. The van der Waals surface area contributed by atoms with Gasteiger partial charge in [-0.05, 0) is 0 Å². The van der Waals surface area contributed by atoms with Gasteiger partial charge in [0, 0.05) is 0 Å². The summed E-state index contributed by atoms with van der Waals surface area (Å²) >= 11 is 0. The van der Waals surface area contributed by atoms with Crippen molar-refractivity contribution in [3.05, 3.63) is 27.8 Å². The SMILES string of the molecule is Cc1c(C)c(C)[c-](C)c1C.[Cl][Rh]([Cl])([Cl])([Cl])[Cl]. The predicted molar refractivity (Wildman–Crippen MR) is 75.0 cm³/mol. The van der Waals surface area contributed by atoms with E-state index in [1.807, 2.05) is 0 Å². The third-order valence-electron chi connectivity index (χ3n) is 2.81. The molecule has 100 valence electrons. The van der Waals surface area contributed by atoms with E-state index in [4.69, 9.17) is 48.5 Å². The van der Waals surface area contributed by atoms with Crippen molar-refractivity contribution in [2.24, 2.45) is 0 Å². The molecule has 0 aliphatic heterocycles. The second-order valence-corrected chi connectivity index (χ2v) is 28.5. The normalized spacial score (nSPS) is 13.8. The molecular weight excluding hydrogens is 400 g/mol. The van der Waals surface area contributed by atoms with Gasteiger partial charge in [-0.3, -0.25) is 0 Å². The van der Waals surface area contributed by atoms with Gasteiger partial charge in [-0.25, -0.2) is 0 Å². The first-order chi connectivity index (χ1) is 6.79. The molecule has 0 radical (unpaired) electrons. The van der Waals surface area contributed by atoms with E-state index in [9.17, 15) is 0 Å². The van der Waals surface area contributed by atoms with Gasteiger partial charge in [0.05, 0.1) is 0 Å². The molecule has 16 heavy (non-hydrogen) atoms. The molecule has 0 spiro atoms. The molecule has 0 amide bonds. The molecule has 6 heteroatoms. The monoisotopic (exact) mass is 413 g/mol. The van der Waals surface area contributed by atoms with Gasteiger partial charge in [0.2, 0.25) is 0 Å². The summed E-state index contributed by atoms with van der Waals surface area (Å²) in [6, 6.07) is 0. The van der Waals surface area contributed by atoms with Gasteiger partial charge in [-0.1, -0.05) is 34.6 Å². The quantitative estimate of drug-likeness (QED) is 0.340. The van der Waals surface area contributed by atoms with E-state index in [-0.39, 0.29) is 0 Å². The molecule has 0 unspecified atom stereocenters. The molecule has 0 nitrogen and oxygen atoms in total. The Balaban J connectivity index is 0.000000325. The maximum absolute atomic E-state index is 5.02. The van der Waals surface area contributed by atoms with Crippen LogP contribution in [0.4, 0.5) is 0 Å². The van der Waals surface area contributed by atoms with Crippen LogP contribution in [0, 0.1) is 34.6 Å². The summed E-state index contributed by atoms with van der Waals surface area (Å²) in [6.07, 6.45) is 0. The molecule has 0 aliphatic rings. The zero-order chi connectivity index (χ0) is 13.3.